The summed E-state index contributed by atoms with van der Waals surface area (Å²) in [5.74, 6) is 0. The summed E-state index contributed by atoms with van der Waals surface area (Å²) in [5.41, 5.74) is 1.13. The van der Waals surface area contributed by atoms with Crippen LogP contribution in [0.15, 0.2) is 29.6 Å². The summed E-state index contributed by atoms with van der Waals surface area (Å²) in [6.07, 6.45) is 0. The van der Waals surface area contributed by atoms with Crippen LogP contribution >= 0.6 is 0 Å². The number of hydrogen-bond donors (Lipinski definition) is 1. The number of allylic oxidation sites excluding steroid dienone is 1. The van der Waals surface area contributed by atoms with Crippen LogP contribution < -0.4 is 5.69 Å². The van der Waals surface area contributed by atoms with Crippen LogP contribution in [0.5, 0.6) is 0 Å². The van der Waals surface area contributed by atoms with Gasteiger partial charge in [-0.25, -0.2) is 4.79 Å². The average molecular weight is 219 g/mol. The van der Waals surface area contributed by atoms with E-state index in [9.17, 15) is 14.9 Å². The zero-order valence-electron chi connectivity index (χ0n) is 8.56. The van der Waals surface area contributed by atoms with E-state index in [2.05, 4.69) is 11.6 Å². The molecule has 0 aliphatic heterocycles. The minimum atomic E-state index is -0.500. The number of nitro benzene ring substituents is 1. The standard InChI is InChI=1S/C10H9N3O3/c1-6(2)12-9-5-7(13(15)16)3-4-8(9)11-10(12)14/h3-5H,1H2,2H3,(H,11,14). The van der Waals surface area contributed by atoms with Crippen molar-refractivity contribution in [2.24, 2.45) is 0 Å². The Hall–Kier alpha value is -2.37. The number of aromatic nitrogens is 2. The molecule has 1 aromatic heterocycles. The molecule has 0 atom stereocenters. The summed E-state index contributed by atoms with van der Waals surface area (Å²) in [6.45, 7) is 5.32. The number of non-ortho nitro benzene ring substituents is 1. The van der Waals surface area contributed by atoms with Gasteiger partial charge in [0.1, 0.15) is 0 Å². The van der Waals surface area contributed by atoms with E-state index in [-0.39, 0.29) is 11.4 Å². The van der Waals surface area contributed by atoms with Crippen molar-refractivity contribution >= 4 is 22.4 Å². The number of hydrogen-bond acceptors (Lipinski definition) is 3. The van der Waals surface area contributed by atoms with Crippen molar-refractivity contribution in [3.63, 3.8) is 0 Å². The van der Waals surface area contributed by atoms with Crippen LogP contribution in [0.4, 0.5) is 5.69 Å². The number of nitrogens with one attached hydrogen (secondary N) is 1. The van der Waals surface area contributed by atoms with Gasteiger partial charge in [-0.05, 0) is 13.0 Å². The maximum atomic E-state index is 11.5. The van der Waals surface area contributed by atoms with Crippen LogP contribution in [0, 0.1) is 10.1 Å². The third-order valence-electron chi connectivity index (χ3n) is 2.26. The molecule has 1 N–H and O–H groups in total. The Labute approximate surface area is 90.0 Å². The molecule has 0 saturated carbocycles. The number of nitrogens with zero attached hydrogens (tertiary/aromatic N) is 2. The predicted octanol–water partition coefficient (Wildman–Crippen LogP) is 1.73. The Morgan fingerprint density at radius 1 is 1.56 bits per heavy atom. The summed E-state index contributed by atoms with van der Waals surface area (Å²) in [7, 11) is 0. The highest BCUT2D eigenvalue weighted by Gasteiger charge is 2.12. The molecule has 1 aromatic carbocycles. The smallest absolute Gasteiger partial charge is 0.305 e. The maximum absolute atomic E-state index is 11.5. The molecule has 2 aromatic rings. The molecule has 82 valence electrons. The lowest BCUT2D eigenvalue weighted by Crippen LogP contribution is -2.13. The van der Waals surface area contributed by atoms with Crippen LogP contribution in [0.3, 0.4) is 0 Å². The number of nitro groups is 1. The molecule has 0 fully saturated rings. The van der Waals surface area contributed by atoms with E-state index >= 15 is 0 Å². The van der Waals surface area contributed by atoms with Gasteiger partial charge in [-0.15, -0.1) is 0 Å². The van der Waals surface area contributed by atoms with Gasteiger partial charge < -0.3 is 4.98 Å². The van der Waals surface area contributed by atoms with Gasteiger partial charge in [0.15, 0.2) is 0 Å². The first kappa shape index (κ1) is 10.2. The fourth-order valence-corrected chi connectivity index (χ4v) is 1.58. The summed E-state index contributed by atoms with van der Waals surface area (Å²) in [6, 6.07) is 4.21. The fraction of sp³-hybridized carbons (Fsp3) is 0.100. The third-order valence-corrected chi connectivity index (χ3v) is 2.26. The van der Waals surface area contributed by atoms with Crippen LogP contribution in [-0.2, 0) is 0 Å². The molecule has 0 radical (unpaired) electrons. The quantitative estimate of drug-likeness (QED) is 0.616. The predicted molar refractivity (Wildman–Crippen MR) is 60.2 cm³/mol. The minimum absolute atomic E-state index is 0.0542. The molecule has 0 aliphatic carbocycles. The van der Waals surface area contributed by atoms with Crippen molar-refractivity contribution in [1.82, 2.24) is 9.55 Å². The summed E-state index contributed by atoms with van der Waals surface area (Å²) in [5, 5.41) is 10.6. The van der Waals surface area contributed by atoms with E-state index in [4.69, 9.17) is 0 Å². The largest absolute Gasteiger partial charge is 0.330 e. The Balaban J connectivity index is 2.85. The van der Waals surface area contributed by atoms with Crippen molar-refractivity contribution in [2.75, 3.05) is 0 Å². The average Bonchev–Trinajstić information content (AvgIpc) is 2.51. The third kappa shape index (κ3) is 1.40. The minimum Gasteiger partial charge on any atom is -0.305 e. The molecule has 1 heterocycles. The van der Waals surface area contributed by atoms with Gasteiger partial charge in [0.2, 0.25) is 0 Å². The van der Waals surface area contributed by atoms with Crippen LogP contribution in [0.25, 0.3) is 16.7 Å². The normalized spacial score (nSPS) is 10.6. The number of aromatic amines is 1. The van der Waals surface area contributed by atoms with Gasteiger partial charge in [-0.1, -0.05) is 6.58 Å². The van der Waals surface area contributed by atoms with Gasteiger partial charge in [0.25, 0.3) is 5.69 Å². The first-order valence-corrected chi connectivity index (χ1v) is 4.56. The van der Waals surface area contributed by atoms with Crippen LogP contribution in [0.1, 0.15) is 6.92 Å². The van der Waals surface area contributed by atoms with E-state index in [0.29, 0.717) is 16.7 Å². The van der Waals surface area contributed by atoms with Gasteiger partial charge in [0.05, 0.1) is 16.0 Å². The Bertz CT molecular complexity index is 651. The van der Waals surface area contributed by atoms with Gasteiger partial charge in [-0.3, -0.25) is 14.7 Å². The second kappa shape index (κ2) is 3.34. The maximum Gasteiger partial charge on any atom is 0.330 e. The highest BCUT2D eigenvalue weighted by molar-refractivity contribution is 5.80. The second-order valence-electron chi connectivity index (χ2n) is 3.46. The highest BCUT2D eigenvalue weighted by Crippen LogP contribution is 2.19. The van der Waals surface area contributed by atoms with Gasteiger partial charge >= 0.3 is 5.69 Å². The molecule has 0 spiro atoms. The molecule has 0 saturated heterocycles. The summed E-state index contributed by atoms with van der Waals surface area (Å²) in [4.78, 5) is 24.3. The number of rotatable bonds is 2. The topological polar surface area (TPSA) is 80.9 Å². The molecule has 0 amide bonds. The first-order valence-electron chi connectivity index (χ1n) is 4.56. The first-order chi connectivity index (χ1) is 7.50. The lowest BCUT2D eigenvalue weighted by atomic mass is 10.3. The summed E-state index contributed by atoms with van der Waals surface area (Å²) < 4.78 is 1.31. The Morgan fingerprint density at radius 3 is 2.81 bits per heavy atom. The van der Waals surface area contributed by atoms with Crippen molar-refractivity contribution in [1.29, 1.82) is 0 Å². The lowest BCUT2D eigenvalue weighted by Gasteiger charge is -2.00. The zero-order chi connectivity index (χ0) is 11.9. The van der Waals surface area contributed by atoms with Crippen molar-refractivity contribution in [3.05, 3.63) is 45.4 Å². The van der Waals surface area contributed by atoms with E-state index < -0.39 is 4.92 Å². The Morgan fingerprint density at radius 2 is 2.25 bits per heavy atom. The molecular formula is C10H9N3O3. The van der Waals surface area contributed by atoms with Crippen molar-refractivity contribution in [3.8, 4) is 0 Å². The molecule has 6 nitrogen and oxygen atoms in total. The van der Waals surface area contributed by atoms with Crippen molar-refractivity contribution in [2.45, 2.75) is 6.92 Å². The molecule has 0 unspecified atom stereocenters. The highest BCUT2D eigenvalue weighted by atomic mass is 16.6. The summed E-state index contributed by atoms with van der Waals surface area (Å²) >= 11 is 0. The Kier molecular flexibility index (Phi) is 2.12. The zero-order valence-corrected chi connectivity index (χ0v) is 8.56. The van der Waals surface area contributed by atoms with E-state index in [1.165, 1.54) is 22.8 Å². The molecule has 6 heteroatoms. The van der Waals surface area contributed by atoms with Crippen molar-refractivity contribution < 1.29 is 4.92 Å². The van der Waals surface area contributed by atoms with Crippen LogP contribution in [-0.4, -0.2) is 14.5 Å². The van der Waals surface area contributed by atoms with Gasteiger partial charge in [-0.2, -0.15) is 0 Å². The molecule has 16 heavy (non-hydrogen) atoms. The second-order valence-corrected chi connectivity index (χ2v) is 3.46. The van der Waals surface area contributed by atoms with Gasteiger partial charge in [0, 0.05) is 17.8 Å². The number of benzene rings is 1. The van der Waals surface area contributed by atoms with E-state index in [1.807, 2.05) is 0 Å². The SMILES string of the molecule is C=C(C)n1c(=O)[nH]c2ccc([N+](=O)[O-])cc21. The monoisotopic (exact) mass is 219 g/mol. The lowest BCUT2D eigenvalue weighted by molar-refractivity contribution is -0.384. The number of imidazole rings is 1. The molecular weight excluding hydrogens is 210 g/mol. The fourth-order valence-electron chi connectivity index (χ4n) is 1.58. The number of H-pyrrole nitrogens is 1. The van der Waals surface area contributed by atoms with Crippen LogP contribution in [0.2, 0.25) is 0 Å². The molecule has 0 bridgehead atoms. The molecule has 0 aliphatic rings. The van der Waals surface area contributed by atoms with E-state index in [1.54, 1.807) is 6.92 Å². The van der Waals surface area contributed by atoms with E-state index in [0.717, 1.165) is 0 Å². The molecule has 2 rings (SSSR count). The number of fused-ring (bicyclic) bond motifs is 1.